The van der Waals surface area contributed by atoms with Gasteiger partial charge in [-0.05, 0) is 47.5 Å². The molecule has 4 nitrogen and oxygen atoms in total. The van der Waals surface area contributed by atoms with Crippen molar-refractivity contribution in [2.45, 2.75) is 6.42 Å². The lowest BCUT2D eigenvalue weighted by Crippen LogP contribution is -2.31. The Morgan fingerprint density at radius 1 is 0.923 bits per heavy atom. The van der Waals surface area contributed by atoms with E-state index >= 15 is 0 Å². The van der Waals surface area contributed by atoms with E-state index in [4.69, 9.17) is 16.3 Å². The highest BCUT2D eigenvalue weighted by Crippen LogP contribution is 2.31. The van der Waals surface area contributed by atoms with Crippen molar-refractivity contribution < 1.29 is 14.3 Å². The molecule has 1 amide bonds. The number of carbonyl (C=O) groups is 2. The smallest absolute Gasteiger partial charge is 0.299 e. The van der Waals surface area contributed by atoms with Gasteiger partial charge in [-0.1, -0.05) is 41.9 Å². The van der Waals surface area contributed by atoms with Crippen molar-refractivity contribution in [1.29, 1.82) is 0 Å². The van der Waals surface area contributed by atoms with E-state index in [0.29, 0.717) is 35.8 Å². The normalized spacial score (nSPS) is 13.3. The summed E-state index contributed by atoms with van der Waals surface area (Å²) in [5.41, 5.74) is 0.994. The molecule has 0 fully saturated rings. The Labute approximate surface area is 155 Å². The van der Waals surface area contributed by atoms with Crippen LogP contribution in [0.3, 0.4) is 0 Å². The summed E-state index contributed by atoms with van der Waals surface area (Å²) in [6.07, 6.45) is 0.619. The first-order valence-electron chi connectivity index (χ1n) is 8.41. The van der Waals surface area contributed by atoms with Gasteiger partial charge in [-0.15, -0.1) is 0 Å². The van der Waals surface area contributed by atoms with Gasteiger partial charge in [0.25, 0.3) is 11.7 Å². The molecule has 0 bridgehead atoms. The minimum Gasteiger partial charge on any atom is -0.494 e. The summed E-state index contributed by atoms with van der Waals surface area (Å²) in [6.45, 7) is 0.881. The average Bonchev–Trinajstić information content (AvgIpc) is 2.89. The standard InChI is InChI=1S/C21H16ClNO3/c22-16-7-9-19-18(13-16)20(24)21(25)23(19)10-3-11-26-17-8-6-14-4-1-2-5-15(14)12-17/h1-2,4-9,12-13H,3,10-11H2. The number of nitrogens with zero attached hydrogens (tertiary/aromatic N) is 1. The number of hydrogen-bond donors (Lipinski definition) is 0. The molecule has 0 spiro atoms. The lowest BCUT2D eigenvalue weighted by molar-refractivity contribution is -0.114. The first-order valence-corrected chi connectivity index (χ1v) is 8.78. The number of Topliss-reactive ketones (excluding diaryl/α,β-unsaturated/α-hetero) is 1. The monoisotopic (exact) mass is 365 g/mol. The zero-order valence-corrected chi connectivity index (χ0v) is 14.7. The summed E-state index contributed by atoms with van der Waals surface area (Å²) in [7, 11) is 0. The number of carbonyl (C=O) groups excluding carboxylic acids is 2. The van der Waals surface area contributed by atoms with Crippen LogP contribution in [0.1, 0.15) is 16.8 Å². The Morgan fingerprint density at radius 3 is 2.58 bits per heavy atom. The zero-order chi connectivity index (χ0) is 18.1. The Hall–Kier alpha value is -2.85. The largest absolute Gasteiger partial charge is 0.494 e. The van der Waals surface area contributed by atoms with E-state index in [0.717, 1.165) is 16.5 Å². The molecular weight excluding hydrogens is 350 g/mol. The molecule has 5 heteroatoms. The van der Waals surface area contributed by atoms with Gasteiger partial charge in [0.15, 0.2) is 0 Å². The molecule has 0 radical (unpaired) electrons. The second-order valence-corrected chi connectivity index (χ2v) is 6.59. The Kier molecular flexibility index (Phi) is 4.35. The maximum Gasteiger partial charge on any atom is 0.299 e. The van der Waals surface area contributed by atoms with Gasteiger partial charge >= 0.3 is 0 Å². The fraction of sp³-hybridized carbons (Fsp3) is 0.143. The highest BCUT2D eigenvalue weighted by molar-refractivity contribution is 6.52. The van der Waals surface area contributed by atoms with Crippen LogP contribution >= 0.6 is 11.6 Å². The van der Waals surface area contributed by atoms with Crippen LogP contribution in [0.5, 0.6) is 5.75 Å². The number of fused-ring (bicyclic) bond motifs is 2. The number of ether oxygens (including phenoxy) is 1. The topological polar surface area (TPSA) is 46.6 Å². The third kappa shape index (κ3) is 3.04. The molecule has 26 heavy (non-hydrogen) atoms. The molecule has 0 aromatic heterocycles. The van der Waals surface area contributed by atoms with Crippen LogP contribution < -0.4 is 9.64 Å². The van der Waals surface area contributed by atoms with Crippen LogP contribution in [0.2, 0.25) is 5.02 Å². The molecule has 0 atom stereocenters. The molecule has 0 saturated heterocycles. The number of anilines is 1. The van der Waals surface area contributed by atoms with Crippen molar-refractivity contribution in [2.75, 3.05) is 18.1 Å². The number of amides is 1. The van der Waals surface area contributed by atoms with Crippen molar-refractivity contribution in [3.8, 4) is 5.75 Å². The predicted molar refractivity (Wildman–Crippen MR) is 102 cm³/mol. The van der Waals surface area contributed by atoms with Crippen LogP contribution in [-0.2, 0) is 4.79 Å². The Balaban J connectivity index is 1.39. The molecule has 1 heterocycles. The van der Waals surface area contributed by atoms with Gasteiger partial charge in [-0.3, -0.25) is 9.59 Å². The van der Waals surface area contributed by atoms with E-state index in [1.54, 1.807) is 18.2 Å². The van der Waals surface area contributed by atoms with Crippen LogP contribution in [0.15, 0.2) is 60.7 Å². The van der Waals surface area contributed by atoms with E-state index in [-0.39, 0.29) is 0 Å². The summed E-state index contributed by atoms with van der Waals surface area (Å²) in [5.74, 6) is -0.217. The van der Waals surface area contributed by atoms with Gasteiger partial charge in [-0.25, -0.2) is 0 Å². The minimum absolute atomic E-state index is 0.373. The second kappa shape index (κ2) is 6.81. The number of benzene rings is 3. The van der Waals surface area contributed by atoms with Crippen molar-refractivity contribution in [2.24, 2.45) is 0 Å². The lowest BCUT2D eigenvalue weighted by atomic mass is 10.1. The zero-order valence-electron chi connectivity index (χ0n) is 13.9. The summed E-state index contributed by atoms with van der Waals surface area (Å²) in [6, 6.07) is 19.0. The van der Waals surface area contributed by atoms with Crippen molar-refractivity contribution in [1.82, 2.24) is 0 Å². The summed E-state index contributed by atoms with van der Waals surface area (Å²) in [4.78, 5) is 25.7. The maximum atomic E-state index is 12.2. The van der Waals surface area contributed by atoms with Gasteiger partial charge in [0.1, 0.15) is 5.75 Å². The minimum atomic E-state index is -0.507. The Morgan fingerprint density at radius 2 is 1.73 bits per heavy atom. The van der Waals surface area contributed by atoms with E-state index in [1.807, 2.05) is 36.4 Å². The van der Waals surface area contributed by atoms with Crippen LogP contribution in [0.25, 0.3) is 10.8 Å². The second-order valence-electron chi connectivity index (χ2n) is 6.16. The molecule has 130 valence electrons. The fourth-order valence-corrected chi connectivity index (χ4v) is 3.34. The maximum absolute atomic E-state index is 12.2. The molecule has 4 rings (SSSR count). The molecular formula is C21H16ClNO3. The molecule has 0 N–H and O–H groups in total. The first kappa shape index (κ1) is 16.6. The number of halogens is 1. The Bertz CT molecular complexity index is 1020. The summed E-state index contributed by atoms with van der Waals surface area (Å²) in [5, 5.41) is 2.74. The van der Waals surface area contributed by atoms with Crippen LogP contribution in [0.4, 0.5) is 5.69 Å². The van der Waals surface area contributed by atoms with E-state index < -0.39 is 11.7 Å². The van der Waals surface area contributed by atoms with Gasteiger partial charge in [0, 0.05) is 11.6 Å². The highest BCUT2D eigenvalue weighted by Gasteiger charge is 2.35. The summed E-state index contributed by atoms with van der Waals surface area (Å²) >= 11 is 5.92. The van der Waals surface area contributed by atoms with Crippen molar-refractivity contribution in [3.05, 3.63) is 71.2 Å². The number of ketones is 1. The van der Waals surface area contributed by atoms with Crippen LogP contribution in [0, 0.1) is 0 Å². The van der Waals surface area contributed by atoms with Gasteiger partial charge < -0.3 is 9.64 Å². The quantitative estimate of drug-likeness (QED) is 0.494. The van der Waals surface area contributed by atoms with Gasteiger partial charge in [0.2, 0.25) is 0 Å². The predicted octanol–water partition coefficient (Wildman–Crippen LogP) is 4.49. The molecule has 0 aliphatic carbocycles. The van der Waals surface area contributed by atoms with Gasteiger partial charge in [-0.2, -0.15) is 0 Å². The van der Waals surface area contributed by atoms with Gasteiger partial charge in [0.05, 0.1) is 17.9 Å². The summed E-state index contributed by atoms with van der Waals surface area (Å²) < 4.78 is 5.80. The molecule has 0 saturated carbocycles. The number of rotatable bonds is 5. The third-order valence-electron chi connectivity index (χ3n) is 4.45. The van der Waals surface area contributed by atoms with E-state index in [2.05, 4.69) is 6.07 Å². The lowest BCUT2D eigenvalue weighted by Gasteiger charge is -2.16. The highest BCUT2D eigenvalue weighted by atomic mass is 35.5. The molecule has 3 aromatic carbocycles. The SMILES string of the molecule is O=C1C(=O)N(CCCOc2ccc3ccccc3c2)c2ccc(Cl)cc21. The van der Waals surface area contributed by atoms with E-state index in [9.17, 15) is 9.59 Å². The molecule has 0 unspecified atom stereocenters. The number of hydrogen-bond acceptors (Lipinski definition) is 3. The third-order valence-corrected chi connectivity index (χ3v) is 4.68. The molecule has 1 aliphatic heterocycles. The molecule has 1 aliphatic rings. The van der Waals surface area contributed by atoms with Crippen molar-refractivity contribution >= 4 is 39.8 Å². The van der Waals surface area contributed by atoms with E-state index in [1.165, 1.54) is 4.90 Å². The first-order chi connectivity index (χ1) is 12.6. The fourth-order valence-electron chi connectivity index (χ4n) is 3.16. The average molecular weight is 366 g/mol. The van der Waals surface area contributed by atoms with Crippen molar-refractivity contribution in [3.63, 3.8) is 0 Å². The molecule has 3 aromatic rings. The van der Waals surface area contributed by atoms with Crippen LogP contribution in [-0.4, -0.2) is 24.8 Å².